The van der Waals surface area contributed by atoms with Gasteiger partial charge in [0.25, 0.3) is 0 Å². The van der Waals surface area contributed by atoms with E-state index in [1.54, 1.807) is 12.1 Å². The van der Waals surface area contributed by atoms with Gasteiger partial charge < -0.3 is 10.2 Å². The number of benzene rings is 1. The Labute approximate surface area is 151 Å². The Morgan fingerprint density at radius 1 is 1.36 bits per heavy atom. The van der Waals surface area contributed by atoms with Gasteiger partial charge in [-0.1, -0.05) is 17.7 Å². The number of hydrogen-bond acceptors (Lipinski definition) is 6. The second-order valence-electron chi connectivity index (χ2n) is 6.27. The van der Waals surface area contributed by atoms with Gasteiger partial charge in [-0.05, 0) is 50.8 Å². The van der Waals surface area contributed by atoms with E-state index in [0.717, 1.165) is 31.4 Å². The van der Waals surface area contributed by atoms with Crippen molar-refractivity contribution in [1.29, 1.82) is 0 Å². The lowest BCUT2D eigenvalue weighted by Crippen LogP contribution is -2.38. The number of aromatic nitrogens is 2. The van der Waals surface area contributed by atoms with Crippen LogP contribution >= 0.6 is 11.6 Å². The lowest BCUT2D eigenvalue weighted by Gasteiger charge is -2.33. The van der Waals surface area contributed by atoms with Crippen LogP contribution in [0.4, 0.5) is 23.0 Å². The summed E-state index contributed by atoms with van der Waals surface area (Å²) in [6, 6.07) is 5.57. The van der Waals surface area contributed by atoms with E-state index in [4.69, 9.17) is 11.6 Å². The minimum absolute atomic E-state index is 0.101. The molecular weight excluding hydrogens is 342 g/mol. The summed E-state index contributed by atoms with van der Waals surface area (Å²) < 4.78 is 0. The highest BCUT2D eigenvalue weighted by molar-refractivity contribution is 6.30. The molecular formula is C17H20ClN5O2. The average Bonchev–Trinajstić information content (AvgIpc) is 2.58. The highest BCUT2D eigenvalue weighted by Gasteiger charge is 2.30. The second-order valence-corrected chi connectivity index (χ2v) is 6.71. The van der Waals surface area contributed by atoms with Crippen molar-refractivity contribution >= 4 is 34.6 Å². The fourth-order valence-electron chi connectivity index (χ4n) is 3.11. The minimum Gasteiger partial charge on any atom is -0.348 e. The van der Waals surface area contributed by atoms with Gasteiger partial charge >= 0.3 is 5.69 Å². The number of nitrogens with zero attached hydrogens (tertiary/aromatic N) is 4. The molecule has 25 heavy (non-hydrogen) atoms. The Morgan fingerprint density at radius 2 is 2.16 bits per heavy atom. The van der Waals surface area contributed by atoms with E-state index < -0.39 is 4.92 Å². The second kappa shape index (κ2) is 7.23. The fourth-order valence-corrected chi connectivity index (χ4v) is 3.28. The van der Waals surface area contributed by atoms with Crippen LogP contribution in [-0.4, -0.2) is 27.5 Å². The SMILES string of the molecule is Cc1ccc(Cl)cc1Nc1ncnc(N2CCCCC2C)c1[N+](=O)[O-]. The Hall–Kier alpha value is -2.41. The first-order valence-electron chi connectivity index (χ1n) is 8.26. The van der Waals surface area contributed by atoms with Crippen LogP contribution in [0.2, 0.25) is 5.02 Å². The molecule has 1 aromatic carbocycles. The minimum atomic E-state index is -0.418. The molecule has 0 radical (unpaired) electrons. The largest absolute Gasteiger partial charge is 0.353 e. The van der Waals surface area contributed by atoms with E-state index in [1.165, 1.54) is 6.33 Å². The Morgan fingerprint density at radius 3 is 2.88 bits per heavy atom. The third-order valence-corrected chi connectivity index (χ3v) is 4.75. The average molecular weight is 362 g/mol. The molecule has 1 aromatic heterocycles. The van der Waals surface area contributed by atoms with Gasteiger partial charge in [0.05, 0.1) is 4.92 Å². The number of anilines is 3. The Bertz CT molecular complexity index is 799. The van der Waals surface area contributed by atoms with Crippen molar-refractivity contribution in [2.75, 3.05) is 16.8 Å². The van der Waals surface area contributed by atoms with Crippen LogP contribution in [-0.2, 0) is 0 Å². The summed E-state index contributed by atoms with van der Waals surface area (Å²) >= 11 is 6.04. The number of nitro groups is 1. The van der Waals surface area contributed by atoms with Gasteiger partial charge in [-0.3, -0.25) is 10.1 Å². The smallest absolute Gasteiger partial charge is 0.348 e. The predicted molar refractivity (Wildman–Crippen MR) is 98.8 cm³/mol. The molecule has 0 saturated carbocycles. The van der Waals surface area contributed by atoms with E-state index in [9.17, 15) is 10.1 Å². The zero-order valence-corrected chi connectivity index (χ0v) is 15.0. The maximum Gasteiger partial charge on any atom is 0.353 e. The van der Waals surface area contributed by atoms with Crippen molar-refractivity contribution in [2.45, 2.75) is 39.2 Å². The van der Waals surface area contributed by atoms with Crippen molar-refractivity contribution < 1.29 is 4.92 Å². The zero-order valence-electron chi connectivity index (χ0n) is 14.2. The lowest BCUT2D eigenvalue weighted by atomic mass is 10.0. The molecule has 0 aliphatic carbocycles. The number of aryl methyl sites for hydroxylation is 1. The number of halogens is 1. The molecule has 1 N–H and O–H groups in total. The summed E-state index contributed by atoms with van der Waals surface area (Å²) in [5.41, 5.74) is 1.51. The van der Waals surface area contributed by atoms with Crippen LogP contribution < -0.4 is 10.2 Å². The maximum atomic E-state index is 11.8. The Balaban J connectivity index is 2.03. The predicted octanol–water partition coefficient (Wildman–Crippen LogP) is 4.47. The standard InChI is InChI=1S/C17H20ClN5O2/c1-11-6-7-13(18)9-14(11)21-16-15(23(24)25)17(20-10-19-16)22-8-4-3-5-12(22)2/h6-7,9-10,12H,3-5,8H2,1-2H3,(H,19,20,21). The number of nitrogens with one attached hydrogen (secondary N) is 1. The lowest BCUT2D eigenvalue weighted by molar-refractivity contribution is -0.383. The van der Waals surface area contributed by atoms with Gasteiger partial charge in [-0.2, -0.15) is 0 Å². The molecule has 3 rings (SSSR count). The number of hydrogen-bond donors (Lipinski definition) is 1. The van der Waals surface area contributed by atoms with Crippen LogP contribution in [0.1, 0.15) is 31.7 Å². The van der Waals surface area contributed by atoms with E-state index >= 15 is 0 Å². The number of rotatable bonds is 4. The topological polar surface area (TPSA) is 84.2 Å². The van der Waals surface area contributed by atoms with Gasteiger partial charge in [0.1, 0.15) is 6.33 Å². The molecule has 0 bridgehead atoms. The molecule has 8 heteroatoms. The molecule has 1 atom stereocenters. The first-order chi connectivity index (χ1) is 12.0. The molecule has 0 spiro atoms. The molecule has 1 aliphatic heterocycles. The number of piperidine rings is 1. The summed E-state index contributed by atoms with van der Waals surface area (Å²) in [6.07, 6.45) is 4.49. The van der Waals surface area contributed by atoms with Crippen LogP contribution in [0, 0.1) is 17.0 Å². The van der Waals surface area contributed by atoms with Crippen molar-refractivity contribution in [1.82, 2.24) is 9.97 Å². The van der Waals surface area contributed by atoms with Gasteiger partial charge in [-0.25, -0.2) is 9.97 Å². The van der Waals surface area contributed by atoms with Gasteiger partial charge in [-0.15, -0.1) is 0 Å². The van der Waals surface area contributed by atoms with Crippen LogP contribution in [0.25, 0.3) is 0 Å². The van der Waals surface area contributed by atoms with Gasteiger partial charge in [0.15, 0.2) is 0 Å². The molecule has 1 unspecified atom stereocenters. The molecule has 7 nitrogen and oxygen atoms in total. The highest BCUT2D eigenvalue weighted by Crippen LogP contribution is 2.37. The monoisotopic (exact) mass is 361 g/mol. The first-order valence-corrected chi connectivity index (χ1v) is 8.64. The summed E-state index contributed by atoms with van der Waals surface area (Å²) in [5.74, 6) is 0.549. The molecule has 1 saturated heterocycles. The zero-order chi connectivity index (χ0) is 18.0. The first kappa shape index (κ1) is 17.4. The summed E-state index contributed by atoms with van der Waals surface area (Å²) in [5, 5.41) is 15.4. The third kappa shape index (κ3) is 3.66. The van der Waals surface area contributed by atoms with E-state index in [-0.39, 0.29) is 17.5 Å². The molecule has 1 aliphatic rings. The normalized spacial score (nSPS) is 17.4. The van der Waals surface area contributed by atoms with E-state index in [1.807, 2.05) is 17.9 Å². The molecule has 132 valence electrons. The quantitative estimate of drug-likeness (QED) is 0.638. The van der Waals surface area contributed by atoms with Crippen molar-refractivity contribution in [2.24, 2.45) is 0 Å². The van der Waals surface area contributed by atoms with Crippen molar-refractivity contribution in [3.05, 3.63) is 45.2 Å². The molecule has 1 fully saturated rings. The summed E-state index contributed by atoms with van der Waals surface area (Å²) in [7, 11) is 0. The van der Waals surface area contributed by atoms with Crippen molar-refractivity contribution in [3.8, 4) is 0 Å². The van der Waals surface area contributed by atoms with Crippen LogP contribution in [0.15, 0.2) is 24.5 Å². The van der Waals surface area contributed by atoms with Crippen LogP contribution in [0.3, 0.4) is 0 Å². The molecule has 0 amide bonds. The van der Waals surface area contributed by atoms with Gasteiger partial charge in [0, 0.05) is 23.3 Å². The van der Waals surface area contributed by atoms with E-state index in [2.05, 4.69) is 22.2 Å². The maximum absolute atomic E-state index is 11.8. The van der Waals surface area contributed by atoms with Crippen molar-refractivity contribution in [3.63, 3.8) is 0 Å². The molecule has 2 heterocycles. The summed E-state index contributed by atoms with van der Waals surface area (Å²) in [6.45, 7) is 4.73. The highest BCUT2D eigenvalue weighted by atomic mass is 35.5. The Kier molecular flexibility index (Phi) is 5.03. The summed E-state index contributed by atoms with van der Waals surface area (Å²) in [4.78, 5) is 21.7. The van der Waals surface area contributed by atoms with Gasteiger partial charge in [0.2, 0.25) is 11.6 Å². The van der Waals surface area contributed by atoms with E-state index in [0.29, 0.717) is 16.5 Å². The van der Waals surface area contributed by atoms with Crippen LogP contribution in [0.5, 0.6) is 0 Å². The molecule has 2 aromatic rings. The fraction of sp³-hybridized carbons (Fsp3) is 0.412. The third-order valence-electron chi connectivity index (χ3n) is 4.51.